The molecule has 0 spiro atoms. The minimum absolute atomic E-state index is 0.198. The molecule has 0 saturated heterocycles. The molecule has 0 aliphatic rings. The molecule has 0 amide bonds. The van der Waals surface area contributed by atoms with Gasteiger partial charge in [0.25, 0.3) is 0 Å². The summed E-state index contributed by atoms with van der Waals surface area (Å²) in [6.07, 6.45) is 1.60. The molecule has 2 heterocycles. The number of hydrogen-bond acceptors (Lipinski definition) is 3. The molecule has 1 atom stereocenters. The highest BCUT2D eigenvalue weighted by molar-refractivity contribution is 5.91. The first-order valence-electron chi connectivity index (χ1n) is 7.78. The second-order valence-electron chi connectivity index (χ2n) is 5.10. The number of hydrogen-bond donors (Lipinski definition) is 2. The van der Waals surface area contributed by atoms with E-state index in [0.717, 1.165) is 22.5 Å². The molecule has 1 aromatic carbocycles. The van der Waals surface area contributed by atoms with E-state index in [1.54, 1.807) is 6.33 Å². The van der Waals surface area contributed by atoms with Crippen LogP contribution in [0, 0.1) is 13.8 Å². The third-order valence-electron chi connectivity index (χ3n) is 3.74. The number of benzene rings is 1. The van der Waals surface area contributed by atoms with Crippen molar-refractivity contribution in [1.82, 2.24) is 15.0 Å². The van der Waals surface area contributed by atoms with Gasteiger partial charge in [-0.2, -0.15) is 0 Å². The summed E-state index contributed by atoms with van der Waals surface area (Å²) in [5, 5.41) is 4.56. The average molecular weight is 296 g/mol. The van der Waals surface area contributed by atoms with Gasteiger partial charge in [-0.25, -0.2) is 9.97 Å². The van der Waals surface area contributed by atoms with Crippen LogP contribution in [0.4, 0.5) is 5.82 Å². The van der Waals surface area contributed by atoms with Crippen molar-refractivity contribution in [2.45, 2.75) is 40.7 Å². The van der Waals surface area contributed by atoms with Gasteiger partial charge in [0.15, 0.2) is 0 Å². The zero-order valence-corrected chi connectivity index (χ0v) is 13.9. The lowest BCUT2D eigenvalue weighted by molar-refractivity contribution is 0.875. The van der Waals surface area contributed by atoms with Crippen molar-refractivity contribution < 1.29 is 0 Å². The van der Waals surface area contributed by atoms with E-state index in [2.05, 4.69) is 65.3 Å². The summed E-state index contributed by atoms with van der Waals surface area (Å²) >= 11 is 0. The van der Waals surface area contributed by atoms with Gasteiger partial charge in [0.05, 0.1) is 5.39 Å². The Kier molecular flexibility index (Phi) is 5.15. The van der Waals surface area contributed by atoms with Crippen LogP contribution in [0.25, 0.3) is 11.0 Å². The first-order chi connectivity index (χ1) is 10.7. The Morgan fingerprint density at radius 3 is 2.41 bits per heavy atom. The van der Waals surface area contributed by atoms with Crippen molar-refractivity contribution in [3.63, 3.8) is 0 Å². The van der Waals surface area contributed by atoms with Crippen LogP contribution < -0.4 is 5.32 Å². The number of nitrogens with one attached hydrogen (secondary N) is 2. The predicted molar refractivity (Wildman–Crippen MR) is 93.2 cm³/mol. The van der Waals surface area contributed by atoms with E-state index < -0.39 is 0 Å². The van der Waals surface area contributed by atoms with Crippen LogP contribution in [0.1, 0.15) is 43.6 Å². The van der Waals surface area contributed by atoms with Gasteiger partial charge in [-0.1, -0.05) is 44.2 Å². The van der Waals surface area contributed by atoms with Crippen LogP contribution >= 0.6 is 0 Å². The molecule has 0 bridgehead atoms. The van der Waals surface area contributed by atoms with Crippen LogP contribution in [-0.4, -0.2) is 15.0 Å². The molecule has 2 aromatic heterocycles. The van der Waals surface area contributed by atoms with Gasteiger partial charge < -0.3 is 10.3 Å². The zero-order chi connectivity index (χ0) is 16.1. The summed E-state index contributed by atoms with van der Waals surface area (Å²) in [6, 6.07) is 10.6. The lowest BCUT2D eigenvalue weighted by Crippen LogP contribution is -2.08. The Balaban J connectivity index is 0.000000847. The first-order valence-corrected chi connectivity index (χ1v) is 7.78. The maximum Gasteiger partial charge on any atom is 0.143 e. The molecule has 116 valence electrons. The largest absolute Gasteiger partial charge is 0.363 e. The highest BCUT2D eigenvalue weighted by atomic mass is 15.1. The highest BCUT2D eigenvalue weighted by Gasteiger charge is 2.13. The van der Waals surface area contributed by atoms with Crippen LogP contribution in [0.2, 0.25) is 0 Å². The topological polar surface area (TPSA) is 53.6 Å². The summed E-state index contributed by atoms with van der Waals surface area (Å²) in [5.74, 6) is 0.883. The predicted octanol–water partition coefficient (Wildman–Crippen LogP) is 4.77. The Hall–Kier alpha value is -2.36. The van der Waals surface area contributed by atoms with Gasteiger partial charge in [-0.05, 0) is 31.9 Å². The Morgan fingerprint density at radius 2 is 1.73 bits per heavy atom. The van der Waals surface area contributed by atoms with Gasteiger partial charge in [0, 0.05) is 11.7 Å². The molecule has 22 heavy (non-hydrogen) atoms. The maximum absolute atomic E-state index is 4.40. The molecule has 3 rings (SSSR count). The zero-order valence-electron chi connectivity index (χ0n) is 13.9. The van der Waals surface area contributed by atoms with Crippen molar-refractivity contribution in [2.75, 3.05) is 5.32 Å². The summed E-state index contributed by atoms with van der Waals surface area (Å²) in [5.41, 5.74) is 4.46. The fraction of sp³-hybridized carbons (Fsp3) is 0.333. The minimum Gasteiger partial charge on any atom is -0.363 e. The Labute approximate surface area is 132 Å². The van der Waals surface area contributed by atoms with E-state index in [-0.39, 0.29) is 6.04 Å². The number of nitrogens with zero attached hydrogens (tertiary/aromatic N) is 2. The monoisotopic (exact) mass is 296 g/mol. The number of H-pyrrole nitrogens is 1. The fourth-order valence-electron chi connectivity index (χ4n) is 2.43. The van der Waals surface area contributed by atoms with Crippen LogP contribution in [0.3, 0.4) is 0 Å². The van der Waals surface area contributed by atoms with E-state index >= 15 is 0 Å². The lowest BCUT2D eigenvalue weighted by atomic mass is 10.1. The smallest absolute Gasteiger partial charge is 0.143 e. The number of rotatable bonds is 3. The summed E-state index contributed by atoms with van der Waals surface area (Å²) in [4.78, 5) is 12.0. The summed E-state index contributed by atoms with van der Waals surface area (Å²) in [7, 11) is 0. The van der Waals surface area contributed by atoms with Crippen molar-refractivity contribution in [3.05, 3.63) is 53.5 Å². The average Bonchev–Trinajstić information content (AvgIpc) is 2.86. The molecule has 0 saturated carbocycles. The number of fused-ring (bicyclic) bond motifs is 1. The molecule has 4 nitrogen and oxygen atoms in total. The van der Waals surface area contributed by atoms with Crippen molar-refractivity contribution >= 4 is 16.9 Å². The summed E-state index contributed by atoms with van der Waals surface area (Å²) in [6.45, 7) is 10.3. The molecule has 0 aliphatic carbocycles. The van der Waals surface area contributed by atoms with E-state index in [4.69, 9.17) is 0 Å². The third kappa shape index (κ3) is 3.11. The molecule has 0 aliphatic heterocycles. The highest BCUT2D eigenvalue weighted by Crippen LogP contribution is 2.28. The standard InChI is InChI=1S/C16H18N4.C2H6/c1-10-11(2)19-15-14(10)16(18-9-17-15)20-12(3)13-7-5-4-6-8-13;1-2/h4-9,12H,1-3H3,(H2,17,18,19,20);1-2H3. The Bertz CT molecular complexity index is 731. The fourth-order valence-corrected chi connectivity index (χ4v) is 2.43. The number of aromatic nitrogens is 3. The minimum atomic E-state index is 0.198. The normalized spacial score (nSPS) is 11.7. The van der Waals surface area contributed by atoms with Gasteiger partial charge in [-0.3, -0.25) is 0 Å². The van der Waals surface area contributed by atoms with E-state index in [0.29, 0.717) is 0 Å². The molecular weight excluding hydrogens is 272 g/mol. The number of aryl methyl sites for hydroxylation is 2. The summed E-state index contributed by atoms with van der Waals surface area (Å²) < 4.78 is 0. The van der Waals surface area contributed by atoms with Crippen molar-refractivity contribution in [2.24, 2.45) is 0 Å². The van der Waals surface area contributed by atoms with Crippen LogP contribution in [-0.2, 0) is 0 Å². The molecule has 4 heteroatoms. The maximum atomic E-state index is 4.40. The quantitative estimate of drug-likeness (QED) is 0.731. The number of anilines is 1. The second kappa shape index (κ2) is 7.07. The van der Waals surface area contributed by atoms with Gasteiger partial charge in [-0.15, -0.1) is 0 Å². The second-order valence-corrected chi connectivity index (χ2v) is 5.10. The van der Waals surface area contributed by atoms with Gasteiger partial charge in [0.2, 0.25) is 0 Å². The van der Waals surface area contributed by atoms with Gasteiger partial charge >= 0.3 is 0 Å². The van der Waals surface area contributed by atoms with Crippen molar-refractivity contribution in [1.29, 1.82) is 0 Å². The van der Waals surface area contributed by atoms with Crippen LogP contribution in [0.15, 0.2) is 36.7 Å². The molecule has 1 unspecified atom stereocenters. The Morgan fingerprint density at radius 1 is 1.05 bits per heavy atom. The molecular formula is C18H24N4. The van der Waals surface area contributed by atoms with Crippen molar-refractivity contribution in [3.8, 4) is 0 Å². The van der Waals surface area contributed by atoms with E-state index in [9.17, 15) is 0 Å². The molecule has 3 aromatic rings. The molecule has 2 N–H and O–H groups in total. The third-order valence-corrected chi connectivity index (χ3v) is 3.74. The van der Waals surface area contributed by atoms with E-state index in [1.165, 1.54) is 11.1 Å². The van der Waals surface area contributed by atoms with Gasteiger partial charge in [0.1, 0.15) is 17.8 Å². The lowest BCUT2D eigenvalue weighted by Gasteiger charge is -2.15. The van der Waals surface area contributed by atoms with E-state index in [1.807, 2.05) is 19.9 Å². The van der Waals surface area contributed by atoms with Crippen LogP contribution in [0.5, 0.6) is 0 Å². The molecule has 0 fully saturated rings. The first kappa shape index (κ1) is 16.0. The number of aromatic amines is 1. The SMILES string of the molecule is CC.Cc1[nH]c2ncnc(NC(C)c3ccccc3)c2c1C. The molecule has 0 radical (unpaired) electrons.